The smallest absolute Gasteiger partial charge is 0.338 e. The molecule has 2 unspecified atom stereocenters. The molecule has 1 saturated heterocycles. The molecule has 0 bridgehead atoms. The van der Waals surface area contributed by atoms with Crippen molar-refractivity contribution in [1.29, 1.82) is 0 Å². The molecule has 0 spiro atoms. The molecule has 1 aromatic heterocycles. The highest BCUT2D eigenvalue weighted by atomic mass is 35.5. The van der Waals surface area contributed by atoms with E-state index in [0.29, 0.717) is 27.1 Å². The SMILES string of the molecule is COC(=O)C1=C(CN2CC(F)(F)CC2CC(N)=O)NC(c2nccs2)=NC1c1ccc(Cl)cc1Cl. The molecular formula is C22H21Cl2F2N5O3S. The first-order chi connectivity index (χ1) is 16.6. The van der Waals surface area contributed by atoms with Crippen molar-refractivity contribution in [2.75, 3.05) is 20.2 Å². The number of hydrogen-bond donors (Lipinski definition) is 2. The highest BCUT2D eigenvalue weighted by molar-refractivity contribution is 7.11. The number of carbonyl (C=O) groups excluding carboxylic acids is 2. The minimum atomic E-state index is -3.01. The predicted molar refractivity (Wildman–Crippen MR) is 129 cm³/mol. The van der Waals surface area contributed by atoms with Gasteiger partial charge in [0.1, 0.15) is 6.04 Å². The van der Waals surface area contributed by atoms with Crippen LogP contribution in [-0.2, 0) is 14.3 Å². The number of aromatic nitrogens is 1. The quantitative estimate of drug-likeness (QED) is 0.516. The molecule has 1 aromatic carbocycles. The second-order valence-corrected chi connectivity index (χ2v) is 9.92. The number of halogens is 4. The van der Waals surface area contributed by atoms with E-state index in [1.807, 2.05) is 0 Å². The van der Waals surface area contributed by atoms with E-state index in [0.717, 1.165) is 0 Å². The Balaban J connectivity index is 1.81. The number of thiazole rings is 1. The Morgan fingerprint density at radius 2 is 2.14 bits per heavy atom. The number of nitrogens with one attached hydrogen (secondary N) is 1. The summed E-state index contributed by atoms with van der Waals surface area (Å²) >= 11 is 13.8. The number of esters is 1. The van der Waals surface area contributed by atoms with E-state index >= 15 is 0 Å². The highest BCUT2D eigenvalue weighted by Crippen LogP contribution is 2.39. The Kier molecular flexibility index (Phi) is 7.41. The Labute approximate surface area is 213 Å². The molecule has 1 amide bonds. The lowest BCUT2D eigenvalue weighted by molar-refractivity contribution is -0.136. The number of methoxy groups -OCH3 is 1. The van der Waals surface area contributed by atoms with Crippen molar-refractivity contribution in [3.63, 3.8) is 0 Å². The first kappa shape index (κ1) is 25.5. The molecule has 35 heavy (non-hydrogen) atoms. The van der Waals surface area contributed by atoms with Gasteiger partial charge in [0.25, 0.3) is 5.92 Å². The van der Waals surface area contributed by atoms with Gasteiger partial charge in [0.2, 0.25) is 5.91 Å². The molecule has 3 N–H and O–H groups in total. The van der Waals surface area contributed by atoms with Gasteiger partial charge in [-0.15, -0.1) is 11.3 Å². The zero-order chi connectivity index (χ0) is 25.3. The van der Waals surface area contributed by atoms with Crippen LogP contribution >= 0.6 is 34.5 Å². The van der Waals surface area contributed by atoms with Crippen LogP contribution < -0.4 is 11.1 Å². The first-order valence-corrected chi connectivity index (χ1v) is 12.1. The third-order valence-electron chi connectivity index (χ3n) is 5.71. The van der Waals surface area contributed by atoms with E-state index < -0.39 is 42.8 Å². The average Bonchev–Trinajstić information content (AvgIpc) is 3.40. The van der Waals surface area contributed by atoms with Crippen molar-refractivity contribution in [3.05, 3.63) is 61.7 Å². The number of likely N-dealkylation sites (tertiary alicyclic amines) is 1. The van der Waals surface area contributed by atoms with E-state index in [-0.39, 0.29) is 23.6 Å². The van der Waals surface area contributed by atoms with Gasteiger partial charge in [-0.1, -0.05) is 29.3 Å². The van der Waals surface area contributed by atoms with E-state index in [9.17, 15) is 18.4 Å². The summed E-state index contributed by atoms with van der Waals surface area (Å²) in [5.74, 6) is -4.06. The van der Waals surface area contributed by atoms with E-state index in [1.165, 1.54) is 29.4 Å². The minimum Gasteiger partial charge on any atom is -0.466 e. The third kappa shape index (κ3) is 5.64. The Morgan fingerprint density at radius 1 is 1.37 bits per heavy atom. The summed E-state index contributed by atoms with van der Waals surface area (Å²) < 4.78 is 33.7. The molecule has 8 nitrogen and oxygen atoms in total. The Bertz CT molecular complexity index is 1210. The fraction of sp³-hybridized carbons (Fsp3) is 0.364. The maximum atomic E-state index is 14.3. The first-order valence-electron chi connectivity index (χ1n) is 10.5. The van der Waals surface area contributed by atoms with Crippen molar-refractivity contribution in [1.82, 2.24) is 15.2 Å². The number of amides is 1. The van der Waals surface area contributed by atoms with Gasteiger partial charge in [-0.05, 0) is 12.1 Å². The number of aliphatic imine (C=N–C) groups is 1. The van der Waals surface area contributed by atoms with Crippen LogP contribution in [0.1, 0.15) is 29.5 Å². The van der Waals surface area contributed by atoms with Crippen LogP contribution in [0, 0.1) is 0 Å². The second-order valence-electron chi connectivity index (χ2n) is 8.18. The number of carbonyl (C=O) groups is 2. The number of alkyl halides is 2. The molecule has 2 aliphatic rings. The number of hydrogen-bond acceptors (Lipinski definition) is 8. The molecule has 2 atom stereocenters. The fourth-order valence-electron chi connectivity index (χ4n) is 4.25. The highest BCUT2D eigenvalue weighted by Gasteiger charge is 2.46. The van der Waals surface area contributed by atoms with Crippen LogP contribution in [0.2, 0.25) is 10.0 Å². The topological polar surface area (TPSA) is 110 Å². The minimum absolute atomic E-state index is 0.102. The number of nitrogens with zero attached hydrogens (tertiary/aromatic N) is 3. The molecular weight excluding hydrogens is 523 g/mol. The van der Waals surface area contributed by atoms with E-state index in [1.54, 1.807) is 23.7 Å². The summed E-state index contributed by atoms with van der Waals surface area (Å²) in [4.78, 5) is 34.9. The fourth-order valence-corrected chi connectivity index (χ4v) is 5.35. The summed E-state index contributed by atoms with van der Waals surface area (Å²) in [6.45, 7) is -0.704. The van der Waals surface area contributed by atoms with Gasteiger partial charge >= 0.3 is 5.97 Å². The maximum absolute atomic E-state index is 14.3. The Hall–Kier alpha value is -2.60. The number of benzene rings is 1. The van der Waals surface area contributed by atoms with E-state index in [4.69, 9.17) is 33.7 Å². The van der Waals surface area contributed by atoms with Crippen LogP contribution in [0.3, 0.4) is 0 Å². The summed E-state index contributed by atoms with van der Waals surface area (Å²) in [6.07, 6.45) is 0.838. The largest absolute Gasteiger partial charge is 0.466 e. The molecule has 1 fully saturated rings. The zero-order valence-electron chi connectivity index (χ0n) is 18.4. The molecule has 0 saturated carbocycles. The van der Waals surface area contributed by atoms with E-state index in [2.05, 4.69) is 15.3 Å². The van der Waals surface area contributed by atoms with Crippen molar-refractivity contribution in [3.8, 4) is 0 Å². The van der Waals surface area contributed by atoms with Crippen molar-refractivity contribution in [2.45, 2.75) is 30.8 Å². The average molecular weight is 544 g/mol. The molecule has 0 aliphatic carbocycles. The molecule has 4 rings (SSSR count). The standard InChI is InChI=1S/C22H21Cl2F2N5O3S/c1-34-21(33)17-15(9-31-10-22(25,26)8-12(31)7-16(27)32)29-19(20-28-4-5-35-20)30-18(17)13-3-2-11(23)6-14(13)24/h2-6,12,18H,7-10H2,1H3,(H2,27,32)(H,29,30). The number of primary amides is 1. The van der Waals surface area contributed by atoms with Crippen LogP contribution in [-0.4, -0.2) is 59.8 Å². The van der Waals surface area contributed by atoms with Gasteiger partial charge in [0.15, 0.2) is 10.8 Å². The van der Waals surface area contributed by atoms with Crippen molar-refractivity contribution < 1.29 is 23.1 Å². The van der Waals surface area contributed by atoms with Gasteiger partial charge in [0.05, 0.1) is 19.2 Å². The third-order valence-corrected chi connectivity index (χ3v) is 7.05. The molecule has 2 aliphatic heterocycles. The molecule has 13 heteroatoms. The number of ether oxygens (including phenoxy) is 1. The number of nitrogens with two attached hydrogens (primary N) is 1. The van der Waals surface area contributed by atoms with Gasteiger partial charge in [0, 0.05) is 58.3 Å². The van der Waals surface area contributed by atoms with Gasteiger partial charge in [-0.25, -0.2) is 18.6 Å². The lowest BCUT2D eigenvalue weighted by Crippen LogP contribution is -2.42. The molecule has 0 radical (unpaired) electrons. The zero-order valence-corrected chi connectivity index (χ0v) is 20.8. The van der Waals surface area contributed by atoms with Crippen LogP contribution in [0.4, 0.5) is 8.78 Å². The molecule has 186 valence electrons. The number of amidine groups is 1. The maximum Gasteiger partial charge on any atom is 0.338 e. The van der Waals surface area contributed by atoms with Crippen LogP contribution in [0.25, 0.3) is 0 Å². The molecule has 2 aromatic rings. The van der Waals surface area contributed by atoms with Gasteiger partial charge in [-0.3, -0.25) is 14.7 Å². The van der Waals surface area contributed by atoms with Crippen LogP contribution in [0.5, 0.6) is 0 Å². The predicted octanol–water partition coefficient (Wildman–Crippen LogP) is 3.55. The second kappa shape index (κ2) is 10.2. The number of rotatable bonds is 7. The molecule has 3 heterocycles. The summed E-state index contributed by atoms with van der Waals surface area (Å²) in [7, 11) is 1.22. The normalized spacial score (nSPS) is 22.0. The summed E-state index contributed by atoms with van der Waals surface area (Å²) in [6, 6.07) is 3.07. The summed E-state index contributed by atoms with van der Waals surface area (Å²) in [5, 5.41) is 6.04. The summed E-state index contributed by atoms with van der Waals surface area (Å²) in [5.41, 5.74) is 6.17. The van der Waals surface area contributed by atoms with Crippen LogP contribution in [0.15, 0.2) is 46.0 Å². The lowest BCUT2D eigenvalue weighted by atomic mass is 9.95. The van der Waals surface area contributed by atoms with Crippen molar-refractivity contribution in [2.24, 2.45) is 10.7 Å². The monoisotopic (exact) mass is 543 g/mol. The lowest BCUT2D eigenvalue weighted by Gasteiger charge is -2.31. The van der Waals surface area contributed by atoms with Gasteiger partial charge in [-0.2, -0.15) is 0 Å². The van der Waals surface area contributed by atoms with Gasteiger partial charge < -0.3 is 15.8 Å². The Morgan fingerprint density at radius 3 is 2.77 bits per heavy atom. The van der Waals surface area contributed by atoms with Crippen molar-refractivity contribution >= 4 is 52.3 Å².